The molecular formula is C7H11NO4S. The van der Waals surface area contributed by atoms with E-state index < -0.39 is 12.4 Å². The fraction of sp³-hybridized carbons (Fsp3) is 0.571. The van der Waals surface area contributed by atoms with Crippen LogP contribution in [-0.2, 0) is 14.4 Å². The Bertz CT molecular complexity index is 195. The minimum absolute atomic E-state index is 0.187. The number of carbonyl (C=O) groups is 3. The Balaban J connectivity index is 3.26. The molecule has 0 aliphatic heterocycles. The number of nitrogens with one attached hydrogen (secondary N) is 1. The molecule has 0 fully saturated rings. The number of carboxylic acid groups (broad SMARTS) is 1. The van der Waals surface area contributed by atoms with Crippen molar-refractivity contribution in [2.45, 2.75) is 6.42 Å². The zero-order chi connectivity index (χ0) is 10.1. The van der Waals surface area contributed by atoms with E-state index in [-0.39, 0.29) is 11.5 Å². The second-order valence-electron chi connectivity index (χ2n) is 2.23. The van der Waals surface area contributed by atoms with Crippen LogP contribution in [0.4, 0.5) is 0 Å². The first-order valence-corrected chi connectivity index (χ1v) is 4.80. The molecule has 0 atom stereocenters. The van der Waals surface area contributed by atoms with Gasteiger partial charge in [-0.2, -0.15) is 11.8 Å². The lowest BCUT2D eigenvalue weighted by atomic mass is 10.3. The SMILES string of the molecule is O=CNCCSCC(=O)CC(=O)O. The van der Waals surface area contributed by atoms with Crippen LogP contribution in [0.1, 0.15) is 6.42 Å². The van der Waals surface area contributed by atoms with E-state index in [1.165, 1.54) is 11.8 Å². The van der Waals surface area contributed by atoms with Crippen molar-refractivity contribution in [2.24, 2.45) is 0 Å². The van der Waals surface area contributed by atoms with Crippen molar-refractivity contribution in [3.8, 4) is 0 Å². The van der Waals surface area contributed by atoms with Crippen molar-refractivity contribution in [1.29, 1.82) is 0 Å². The predicted molar refractivity (Wildman–Crippen MR) is 48.7 cm³/mol. The van der Waals surface area contributed by atoms with E-state index in [0.29, 0.717) is 18.7 Å². The number of ketones is 1. The maximum absolute atomic E-state index is 10.8. The number of amides is 1. The van der Waals surface area contributed by atoms with Crippen LogP contribution in [-0.4, -0.2) is 41.3 Å². The van der Waals surface area contributed by atoms with Crippen molar-refractivity contribution in [2.75, 3.05) is 18.1 Å². The van der Waals surface area contributed by atoms with Gasteiger partial charge in [-0.3, -0.25) is 14.4 Å². The molecule has 0 saturated carbocycles. The van der Waals surface area contributed by atoms with Crippen LogP contribution >= 0.6 is 11.8 Å². The molecule has 0 aliphatic carbocycles. The van der Waals surface area contributed by atoms with Crippen LogP contribution in [0.15, 0.2) is 0 Å². The number of rotatable bonds is 8. The third kappa shape index (κ3) is 8.87. The Morgan fingerprint density at radius 1 is 1.46 bits per heavy atom. The Morgan fingerprint density at radius 3 is 2.69 bits per heavy atom. The van der Waals surface area contributed by atoms with E-state index in [0.717, 1.165) is 0 Å². The highest BCUT2D eigenvalue weighted by molar-refractivity contribution is 7.99. The van der Waals surface area contributed by atoms with Crippen LogP contribution in [0.5, 0.6) is 0 Å². The Morgan fingerprint density at radius 2 is 2.15 bits per heavy atom. The average Bonchev–Trinajstić information content (AvgIpc) is 2.02. The van der Waals surface area contributed by atoms with Gasteiger partial charge in [0.2, 0.25) is 6.41 Å². The molecule has 13 heavy (non-hydrogen) atoms. The molecule has 0 rings (SSSR count). The normalized spacial score (nSPS) is 9.23. The lowest BCUT2D eigenvalue weighted by Gasteiger charge is -1.98. The molecule has 0 aromatic rings. The lowest BCUT2D eigenvalue weighted by Crippen LogP contribution is -2.15. The molecule has 2 N–H and O–H groups in total. The maximum atomic E-state index is 10.8. The van der Waals surface area contributed by atoms with Crippen LogP contribution < -0.4 is 5.32 Å². The van der Waals surface area contributed by atoms with Crippen LogP contribution in [0, 0.1) is 0 Å². The number of thioether (sulfide) groups is 1. The molecule has 1 amide bonds. The highest BCUT2D eigenvalue weighted by Crippen LogP contribution is 2.00. The number of aliphatic carboxylic acids is 1. The first kappa shape index (κ1) is 12.0. The van der Waals surface area contributed by atoms with Gasteiger partial charge in [-0.25, -0.2) is 0 Å². The molecule has 0 unspecified atom stereocenters. The summed E-state index contributed by atoms with van der Waals surface area (Å²) in [6.07, 6.45) is 0.160. The highest BCUT2D eigenvalue weighted by Gasteiger charge is 2.06. The number of Topliss-reactive ketones (excluding diaryl/α,β-unsaturated/α-hetero) is 1. The van der Waals surface area contributed by atoms with Crippen LogP contribution in [0.25, 0.3) is 0 Å². The van der Waals surface area contributed by atoms with Crippen molar-refractivity contribution in [3.63, 3.8) is 0 Å². The molecular weight excluding hydrogens is 194 g/mol. The van der Waals surface area contributed by atoms with Crippen molar-refractivity contribution in [1.82, 2.24) is 5.32 Å². The monoisotopic (exact) mass is 205 g/mol. The zero-order valence-corrected chi connectivity index (χ0v) is 7.80. The molecule has 0 saturated heterocycles. The summed E-state index contributed by atoms with van der Waals surface area (Å²) in [4.78, 5) is 30.6. The van der Waals surface area contributed by atoms with E-state index in [1.54, 1.807) is 0 Å². The van der Waals surface area contributed by atoms with Gasteiger partial charge in [-0.1, -0.05) is 0 Å². The molecule has 0 bridgehead atoms. The summed E-state index contributed by atoms with van der Waals surface area (Å²) in [6, 6.07) is 0. The van der Waals surface area contributed by atoms with Gasteiger partial charge in [0.15, 0.2) is 5.78 Å². The van der Waals surface area contributed by atoms with E-state index in [2.05, 4.69) is 5.32 Å². The second-order valence-corrected chi connectivity index (χ2v) is 3.34. The average molecular weight is 205 g/mol. The smallest absolute Gasteiger partial charge is 0.310 e. The van der Waals surface area contributed by atoms with Gasteiger partial charge in [-0.05, 0) is 0 Å². The zero-order valence-electron chi connectivity index (χ0n) is 6.99. The third-order valence-corrected chi connectivity index (χ3v) is 2.10. The van der Waals surface area contributed by atoms with E-state index >= 15 is 0 Å². The van der Waals surface area contributed by atoms with Gasteiger partial charge in [0, 0.05) is 12.3 Å². The maximum Gasteiger partial charge on any atom is 0.310 e. The molecule has 5 nitrogen and oxygen atoms in total. The van der Waals surface area contributed by atoms with Gasteiger partial charge in [0.1, 0.15) is 6.42 Å². The summed E-state index contributed by atoms with van der Waals surface area (Å²) in [5.41, 5.74) is 0. The van der Waals surface area contributed by atoms with Gasteiger partial charge in [-0.15, -0.1) is 0 Å². The number of hydrogen-bond donors (Lipinski definition) is 2. The largest absolute Gasteiger partial charge is 0.481 e. The van der Waals surface area contributed by atoms with E-state index in [9.17, 15) is 14.4 Å². The van der Waals surface area contributed by atoms with Crippen LogP contribution in [0.3, 0.4) is 0 Å². The number of carbonyl (C=O) groups excluding carboxylic acids is 2. The number of carboxylic acids is 1. The standard InChI is InChI=1S/C7H11NO4S/c9-5-8-1-2-13-4-6(10)3-7(11)12/h5H,1-4H2,(H,8,9)(H,11,12). The van der Waals surface area contributed by atoms with E-state index in [4.69, 9.17) is 5.11 Å². The van der Waals surface area contributed by atoms with Gasteiger partial charge >= 0.3 is 5.97 Å². The molecule has 6 heteroatoms. The lowest BCUT2D eigenvalue weighted by molar-refractivity contribution is -0.139. The second kappa shape index (κ2) is 7.60. The first-order chi connectivity index (χ1) is 6.16. The molecule has 0 spiro atoms. The minimum atomic E-state index is -1.10. The first-order valence-electron chi connectivity index (χ1n) is 3.65. The molecule has 0 radical (unpaired) electrons. The Labute approximate surface area is 79.9 Å². The summed E-state index contributed by atoms with van der Waals surface area (Å²) in [5, 5.41) is 10.7. The quantitative estimate of drug-likeness (QED) is 0.317. The van der Waals surface area contributed by atoms with Gasteiger partial charge in [0.05, 0.1) is 5.75 Å². The van der Waals surface area contributed by atoms with Crippen LogP contribution in [0.2, 0.25) is 0 Å². The summed E-state index contributed by atoms with van der Waals surface area (Å²) >= 11 is 1.31. The molecule has 74 valence electrons. The molecule has 0 aliphatic rings. The van der Waals surface area contributed by atoms with Gasteiger partial charge in [0.25, 0.3) is 0 Å². The summed E-state index contributed by atoms with van der Waals surface area (Å²) in [5.74, 6) is -0.600. The molecule has 0 heterocycles. The number of hydrogen-bond acceptors (Lipinski definition) is 4. The Hall–Kier alpha value is -1.04. The fourth-order valence-corrected chi connectivity index (χ4v) is 1.33. The molecule has 0 aromatic carbocycles. The molecule has 0 aromatic heterocycles. The van der Waals surface area contributed by atoms with Crippen molar-refractivity contribution < 1.29 is 19.5 Å². The summed E-state index contributed by atoms with van der Waals surface area (Å²) < 4.78 is 0. The van der Waals surface area contributed by atoms with Gasteiger partial charge < -0.3 is 10.4 Å². The topological polar surface area (TPSA) is 83.5 Å². The van der Waals surface area contributed by atoms with E-state index in [1.807, 2.05) is 0 Å². The minimum Gasteiger partial charge on any atom is -0.481 e. The summed E-state index contributed by atoms with van der Waals surface area (Å²) in [6.45, 7) is 0.495. The Kier molecular flexibility index (Phi) is 6.99. The predicted octanol–water partition coefficient (Wildman–Crippen LogP) is -0.491. The fourth-order valence-electron chi connectivity index (χ4n) is 0.596. The van der Waals surface area contributed by atoms with Crippen molar-refractivity contribution in [3.05, 3.63) is 0 Å². The third-order valence-electron chi connectivity index (χ3n) is 1.09. The van der Waals surface area contributed by atoms with Crippen molar-refractivity contribution >= 4 is 29.9 Å². The summed E-state index contributed by atoms with van der Waals surface area (Å²) in [7, 11) is 0. The highest BCUT2D eigenvalue weighted by atomic mass is 32.2.